The van der Waals surface area contributed by atoms with Gasteiger partial charge in [0.1, 0.15) is 7.05 Å². The Morgan fingerprint density at radius 1 is 1.29 bits per heavy atom. The molecule has 1 aromatic carbocycles. The van der Waals surface area contributed by atoms with Crippen molar-refractivity contribution in [1.29, 1.82) is 0 Å². The van der Waals surface area contributed by atoms with Crippen LogP contribution in [0.2, 0.25) is 0 Å². The Balaban J connectivity index is 2.50. The van der Waals surface area contributed by atoms with E-state index in [2.05, 4.69) is 9.83 Å². The Morgan fingerprint density at radius 2 is 2.10 bits per heavy atom. The second kappa shape index (κ2) is 4.99. The number of fused-ring (bicyclic) bond motifs is 1. The summed E-state index contributed by atoms with van der Waals surface area (Å²) in [6.07, 6.45) is 3.63. The van der Waals surface area contributed by atoms with Gasteiger partial charge in [0.25, 0.3) is 0 Å². The Kier molecular flexibility index (Phi) is 2.86. The van der Waals surface area contributed by atoms with Crippen molar-refractivity contribution in [2.75, 3.05) is 0 Å². The minimum absolute atomic E-state index is 0.471. The van der Waals surface area contributed by atoms with Gasteiger partial charge in [-0.25, -0.2) is 4.85 Å². The van der Waals surface area contributed by atoms with Crippen LogP contribution in [0.25, 0.3) is 26.9 Å². The molecule has 0 aliphatic rings. The van der Waals surface area contributed by atoms with Gasteiger partial charge in [0, 0.05) is 25.4 Å². The predicted molar refractivity (Wildman–Crippen MR) is 84.1 cm³/mol. The molecule has 0 saturated heterocycles. The van der Waals surface area contributed by atoms with Gasteiger partial charge in [0.05, 0.1) is 18.9 Å². The maximum absolute atomic E-state index is 8.38. The largest absolute Gasteiger partial charge is 0.264 e. The minimum Gasteiger partial charge on any atom is -0.264 e. The molecule has 0 N–H and O–H groups in total. The van der Waals surface area contributed by atoms with Gasteiger partial charge < -0.3 is 0 Å². The van der Waals surface area contributed by atoms with Gasteiger partial charge in [-0.1, -0.05) is 12.1 Å². The highest BCUT2D eigenvalue weighted by Crippen LogP contribution is 2.30. The lowest BCUT2D eigenvalue weighted by Crippen LogP contribution is -2.35. The second-order valence-electron chi connectivity index (χ2n) is 5.15. The Bertz CT molecular complexity index is 939. The highest BCUT2D eigenvalue weighted by Gasteiger charge is 2.19. The number of aryl methyl sites for hydroxylation is 1. The standard InChI is InChI=1S/C18H16N3/c1-12-11-20-8-7-16(12)18-17-6-5-15(19-3)10-14(17)9-13(2)21(18)4/h5-11H,1-2,4H3/q+1/i9D. The van der Waals surface area contributed by atoms with E-state index < -0.39 is 0 Å². The van der Waals surface area contributed by atoms with Crippen LogP contribution in [0.1, 0.15) is 12.6 Å². The second-order valence-corrected chi connectivity index (χ2v) is 5.15. The fourth-order valence-corrected chi connectivity index (χ4v) is 2.60. The monoisotopic (exact) mass is 275 g/mol. The highest BCUT2D eigenvalue weighted by atomic mass is 14.9. The first-order chi connectivity index (χ1) is 10.5. The average molecular weight is 275 g/mol. The number of nitrogens with zero attached hydrogens (tertiary/aromatic N) is 3. The number of aromatic nitrogens is 2. The molecule has 0 atom stereocenters. The summed E-state index contributed by atoms with van der Waals surface area (Å²) in [4.78, 5) is 7.65. The van der Waals surface area contributed by atoms with E-state index in [4.69, 9.17) is 7.94 Å². The maximum Gasteiger partial charge on any atom is 0.220 e. The molecule has 3 heteroatoms. The molecule has 0 bridgehead atoms. The predicted octanol–water partition coefficient (Wildman–Crippen LogP) is 3.89. The molecule has 102 valence electrons. The lowest BCUT2D eigenvalue weighted by atomic mass is 10.00. The molecule has 3 aromatic rings. The molecule has 0 fully saturated rings. The van der Waals surface area contributed by atoms with Crippen LogP contribution < -0.4 is 4.57 Å². The van der Waals surface area contributed by atoms with Crippen molar-refractivity contribution in [3.8, 4) is 11.3 Å². The van der Waals surface area contributed by atoms with Gasteiger partial charge in [-0.15, -0.1) is 0 Å². The zero-order valence-corrected chi connectivity index (χ0v) is 12.3. The van der Waals surface area contributed by atoms with Crippen LogP contribution in [-0.2, 0) is 7.05 Å². The highest BCUT2D eigenvalue weighted by molar-refractivity contribution is 5.95. The Labute approximate surface area is 125 Å². The van der Waals surface area contributed by atoms with Gasteiger partial charge >= 0.3 is 0 Å². The quantitative estimate of drug-likeness (QED) is 0.487. The van der Waals surface area contributed by atoms with Crippen molar-refractivity contribution >= 4 is 16.5 Å². The third-order valence-electron chi connectivity index (χ3n) is 3.82. The van der Waals surface area contributed by atoms with Crippen LogP contribution in [0.15, 0.2) is 42.7 Å². The first-order valence-corrected chi connectivity index (χ1v) is 6.76. The zero-order valence-electron chi connectivity index (χ0n) is 13.3. The topological polar surface area (TPSA) is 21.1 Å². The molecule has 0 aliphatic heterocycles. The van der Waals surface area contributed by atoms with E-state index in [1.807, 2.05) is 49.9 Å². The van der Waals surface area contributed by atoms with Crippen LogP contribution in [-0.4, -0.2) is 4.98 Å². The summed E-state index contributed by atoms with van der Waals surface area (Å²) < 4.78 is 10.4. The van der Waals surface area contributed by atoms with Gasteiger partial charge in [0.15, 0.2) is 11.4 Å². The fraction of sp³-hybridized carbons (Fsp3) is 0.167. The Hall–Kier alpha value is -2.73. The molecule has 2 aromatic heterocycles. The van der Waals surface area contributed by atoms with Crippen LogP contribution in [0.3, 0.4) is 0 Å². The van der Waals surface area contributed by atoms with E-state index in [-0.39, 0.29) is 0 Å². The summed E-state index contributed by atoms with van der Waals surface area (Å²) >= 11 is 0. The van der Waals surface area contributed by atoms with Gasteiger partial charge in [-0.3, -0.25) is 4.98 Å². The molecular formula is C18H16N3+. The lowest BCUT2D eigenvalue weighted by molar-refractivity contribution is -0.665. The molecule has 2 heterocycles. The van der Waals surface area contributed by atoms with Crippen molar-refractivity contribution in [2.45, 2.75) is 13.8 Å². The van der Waals surface area contributed by atoms with Crippen molar-refractivity contribution in [3.63, 3.8) is 0 Å². The molecular weight excluding hydrogens is 258 g/mol. The van der Waals surface area contributed by atoms with Gasteiger partial charge in [-0.05, 0) is 30.0 Å². The number of rotatable bonds is 1. The van der Waals surface area contributed by atoms with Crippen molar-refractivity contribution in [3.05, 3.63) is 65.4 Å². The van der Waals surface area contributed by atoms with E-state index in [0.717, 1.165) is 33.3 Å². The number of pyridine rings is 2. The fourth-order valence-electron chi connectivity index (χ4n) is 2.60. The summed E-state index contributed by atoms with van der Waals surface area (Å²) in [5.74, 6) is 0. The summed E-state index contributed by atoms with van der Waals surface area (Å²) in [5.41, 5.74) is 4.68. The average Bonchev–Trinajstić information content (AvgIpc) is 2.54. The van der Waals surface area contributed by atoms with Crippen LogP contribution in [0.4, 0.5) is 5.69 Å². The van der Waals surface area contributed by atoms with Crippen LogP contribution in [0.5, 0.6) is 0 Å². The molecule has 0 amide bonds. The molecule has 0 saturated carbocycles. The first-order valence-electron chi connectivity index (χ1n) is 7.26. The SMILES string of the molecule is [2H]c1c(C)[n+](C)c(-c2ccncc2C)c2ccc([N+]#[C-])cc12. The van der Waals surface area contributed by atoms with Crippen molar-refractivity contribution < 1.29 is 5.94 Å². The molecule has 0 spiro atoms. The lowest BCUT2D eigenvalue weighted by Gasteiger charge is -2.09. The third-order valence-corrected chi connectivity index (χ3v) is 3.82. The number of hydrogen-bond donors (Lipinski definition) is 0. The van der Waals surface area contributed by atoms with E-state index in [1.165, 1.54) is 0 Å². The molecule has 0 aliphatic carbocycles. The summed E-state index contributed by atoms with van der Waals surface area (Å²) in [6.45, 7) is 11.2. The normalized spacial score (nSPS) is 11.2. The Morgan fingerprint density at radius 3 is 2.81 bits per heavy atom. The third kappa shape index (κ3) is 2.15. The zero-order chi connectivity index (χ0) is 15.9. The summed E-state index contributed by atoms with van der Waals surface area (Å²) in [5, 5.41) is 1.80. The van der Waals surface area contributed by atoms with E-state index >= 15 is 0 Å². The summed E-state index contributed by atoms with van der Waals surface area (Å²) in [7, 11) is 1.98. The van der Waals surface area contributed by atoms with E-state index in [0.29, 0.717) is 11.7 Å². The van der Waals surface area contributed by atoms with Gasteiger partial charge in [0.2, 0.25) is 5.69 Å². The maximum atomic E-state index is 8.38. The van der Waals surface area contributed by atoms with E-state index in [9.17, 15) is 0 Å². The molecule has 0 radical (unpaired) electrons. The minimum atomic E-state index is 0.471. The van der Waals surface area contributed by atoms with Crippen molar-refractivity contribution in [2.24, 2.45) is 7.05 Å². The number of benzene rings is 1. The number of hydrogen-bond acceptors (Lipinski definition) is 1. The molecule has 21 heavy (non-hydrogen) atoms. The van der Waals surface area contributed by atoms with Crippen LogP contribution in [0, 0.1) is 20.4 Å². The van der Waals surface area contributed by atoms with E-state index in [1.54, 1.807) is 12.3 Å². The first kappa shape index (κ1) is 12.0. The molecule has 0 unspecified atom stereocenters. The molecule has 3 rings (SSSR count). The van der Waals surface area contributed by atoms with Crippen LogP contribution >= 0.6 is 0 Å². The van der Waals surface area contributed by atoms with Gasteiger partial charge in [-0.2, -0.15) is 4.57 Å². The summed E-state index contributed by atoms with van der Waals surface area (Å²) in [6, 6.07) is 8.02. The smallest absolute Gasteiger partial charge is 0.220 e. The van der Waals surface area contributed by atoms with Crippen molar-refractivity contribution in [1.82, 2.24) is 4.98 Å². The molecule has 3 nitrogen and oxygen atoms in total.